The molecule has 0 radical (unpaired) electrons. The zero-order valence-corrected chi connectivity index (χ0v) is 16.7. The lowest BCUT2D eigenvalue weighted by atomic mass is 9.78. The number of alkyl halides is 3. The van der Waals surface area contributed by atoms with Gasteiger partial charge in [-0.3, -0.25) is 9.69 Å². The van der Waals surface area contributed by atoms with Gasteiger partial charge in [-0.15, -0.1) is 24.5 Å². The Balaban J connectivity index is 2.08. The third-order valence-corrected chi connectivity index (χ3v) is 6.42. The van der Waals surface area contributed by atoms with E-state index < -0.39 is 17.8 Å². The Bertz CT molecular complexity index is 898. The standard InChI is InChI=1S/C17H15BrF3N3O2S/c1-16(13-11(18)7-8-27-13)12(14(25)24(2)15(22)23-16)9-3-5-10(6-4-9)26-17(19,20)21/h3-8,12H,1-2H3,(H2,22,23). The van der Waals surface area contributed by atoms with E-state index in [0.29, 0.717) is 5.56 Å². The van der Waals surface area contributed by atoms with Crippen LogP contribution in [0.2, 0.25) is 0 Å². The van der Waals surface area contributed by atoms with Crippen LogP contribution in [0.25, 0.3) is 0 Å². The van der Waals surface area contributed by atoms with E-state index in [4.69, 9.17) is 5.73 Å². The van der Waals surface area contributed by atoms with Crippen molar-refractivity contribution in [1.29, 1.82) is 0 Å². The van der Waals surface area contributed by atoms with E-state index in [1.54, 1.807) is 6.92 Å². The summed E-state index contributed by atoms with van der Waals surface area (Å²) < 4.78 is 41.9. The molecular weight excluding hydrogens is 447 g/mol. The van der Waals surface area contributed by atoms with Crippen LogP contribution in [-0.4, -0.2) is 30.2 Å². The lowest BCUT2D eigenvalue weighted by molar-refractivity contribution is -0.274. The van der Waals surface area contributed by atoms with Gasteiger partial charge in [0.05, 0.1) is 5.92 Å². The van der Waals surface area contributed by atoms with Crippen molar-refractivity contribution in [3.05, 3.63) is 50.6 Å². The van der Waals surface area contributed by atoms with Crippen molar-refractivity contribution in [2.75, 3.05) is 7.05 Å². The molecule has 2 atom stereocenters. The average Bonchev–Trinajstić information content (AvgIpc) is 3.00. The molecule has 1 aromatic carbocycles. The summed E-state index contributed by atoms with van der Waals surface area (Å²) in [6.45, 7) is 1.78. The van der Waals surface area contributed by atoms with Crippen LogP contribution in [0.3, 0.4) is 0 Å². The van der Waals surface area contributed by atoms with Crippen molar-refractivity contribution in [1.82, 2.24) is 4.90 Å². The van der Waals surface area contributed by atoms with Crippen molar-refractivity contribution in [2.24, 2.45) is 10.7 Å². The summed E-state index contributed by atoms with van der Waals surface area (Å²) in [6.07, 6.45) is -4.78. The van der Waals surface area contributed by atoms with Crippen molar-refractivity contribution < 1.29 is 22.7 Å². The Hall–Kier alpha value is -2.07. The van der Waals surface area contributed by atoms with Gasteiger partial charge in [0, 0.05) is 16.4 Å². The molecule has 1 aromatic heterocycles. The number of benzene rings is 1. The molecule has 27 heavy (non-hydrogen) atoms. The Morgan fingerprint density at radius 2 is 1.93 bits per heavy atom. The summed E-state index contributed by atoms with van der Waals surface area (Å²) in [5.74, 6) is -1.33. The van der Waals surface area contributed by atoms with Gasteiger partial charge in [0.1, 0.15) is 11.3 Å². The highest BCUT2D eigenvalue weighted by Crippen LogP contribution is 2.48. The fourth-order valence-electron chi connectivity index (χ4n) is 3.09. The molecule has 0 spiro atoms. The van der Waals surface area contributed by atoms with Crippen LogP contribution in [0.4, 0.5) is 13.2 Å². The van der Waals surface area contributed by atoms with Gasteiger partial charge in [0.2, 0.25) is 5.91 Å². The number of hydrogen-bond acceptors (Lipinski definition) is 5. The van der Waals surface area contributed by atoms with Gasteiger partial charge in [-0.2, -0.15) is 0 Å². The fraction of sp³-hybridized carbons (Fsp3) is 0.294. The third kappa shape index (κ3) is 3.68. The quantitative estimate of drug-likeness (QED) is 0.744. The smallest absolute Gasteiger partial charge is 0.406 e. The molecule has 1 aliphatic rings. The molecule has 0 fully saturated rings. The van der Waals surface area contributed by atoms with Crippen LogP contribution >= 0.6 is 27.3 Å². The first kappa shape index (κ1) is 19.7. The van der Waals surface area contributed by atoms with Crippen LogP contribution in [-0.2, 0) is 10.3 Å². The van der Waals surface area contributed by atoms with Crippen molar-refractivity contribution in [3.8, 4) is 5.75 Å². The largest absolute Gasteiger partial charge is 0.573 e. The average molecular weight is 462 g/mol. The van der Waals surface area contributed by atoms with Crippen LogP contribution in [0.1, 0.15) is 23.3 Å². The number of aliphatic imine (C=N–C) groups is 1. The number of ether oxygens (including phenoxy) is 1. The van der Waals surface area contributed by atoms with Gasteiger partial charge in [0.15, 0.2) is 5.96 Å². The monoisotopic (exact) mass is 461 g/mol. The molecule has 2 unspecified atom stereocenters. The van der Waals surface area contributed by atoms with Gasteiger partial charge >= 0.3 is 6.36 Å². The number of amides is 1. The molecule has 3 rings (SSSR count). The number of halogens is 4. The molecule has 2 N–H and O–H groups in total. The minimum absolute atomic E-state index is 0.0797. The predicted molar refractivity (Wildman–Crippen MR) is 99.6 cm³/mol. The molecule has 0 saturated heterocycles. The maximum Gasteiger partial charge on any atom is 0.573 e. The van der Waals surface area contributed by atoms with E-state index in [9.17, 15) is 18.0 Å². The molecule has 5 nitrogen and oxygen atoms in total. The van der Waals surface area contributed by atoms with Gasteiger partial charge < -0.3 is 10.5 Å². The van der Waals surface area contributed by atoms with Gasteiger partial charge in [-0.25, -0.2) is 4.99 Å². The molecule has 144 valence electrons. The molecule has 1 amide bonds. The number of nitrogens with two attached hydrogens (primary N) is 1. The number of carbonyl (C=O) groups is 1. The summed E-state index contributed by atoms with van der Waals surface area (Å²) in [6, 6.07) is 7.09. The second kappa shape index (κ2) is 6.83. The molecular formula is C17H15BrF3N3O2S. The number of carbonyl (C=O) groups excluding carboxylic acids is 1. The first-order valence-corrected chi connectivity index (χ1v) is 9.42. The first-order valence-electron chi connectivity index (χ1n) is 7.75. The zero-order chi connectivity index (χ0) is 20.0. The number of guanidine groups is 1. The minimum Gasteiger partial charge on any atom is -0.406 e. The first-order chi connectivity index (χ1) is 12.5. The number of thiophene rings is 1. The topological polar surface area (TPSA) is 67.9 Å². The Morgan fingerprint density at radius 3 is 2.44 bits per heavy atom. The maximum absolute atomic E-state index is 13.0. The van der Waals surface area contributed by atoms with E-state index in [-0.39, 0.29) is 17.6 Å². The highest BCUT2D eigenvalue weighted by Gasteiger charge is 2.48. The van der Waals surface area contributed by atoms with E-state index in [1.807, 2.05) is 11.4 Å². The SMILES string of the molecule is CN1C(=O)C(c2ccc(OC(F)(F)F)cc2)C(C)(c2sccc2Br)N=C1N. The minimum atomic E-state index is -4.78. The van der Waals surface area contributed by atoms with Crippen LogP contribution in [0, 0.1) is 0 Å². The molecule has 0 aliphatic carbocycles. The molecule has 2 aromatic rings. The summed E-state index contributed by atoms with van der Waals surface area (Å²) in [5.41, 5.74) is 5.44. The predicted octanol–water partition coefficient (Wildman–Crippen LogP) is 4.19. The Labute approximate surface area is 165 Å². The number of hydrogen-bond donors (Lipinski definition) is 1. The molecule has 10 heteroatoms. The lowest BCUT2D eigenvalue weighted by Crippen LogP contribution is -2.52. The van der Waals surface area contributed by atoms with E-state index >= 15 is 0 Å². The highest BCUT2D eigenvalue weighted by molar-refractivity contribution is 9.10. The number of nitrogens with zero attached hydrogens (tertiary/aromatic N) is 2. The number of likely N-dealkylation sites (N-methyl/N-ethyl adjacent to an activating group) is 1. The second-order valence-corrected chi connectivity index (χ2v) is 7.93. The van der Waals surface area contributed by atoms with E-state index in [0.717, 1.165) is 9.35 Å². The fourth-order valence-corrected chi connectivity index (χ4v) is 5.00. The molecule has 1 aliphatic heterocycles. The van der Waals surface area contributed by atoms with Gasteiger partial charge in [0.25, 0.3) is 0 Å². The van der Waals surface area contributed by atoms with Crippen LogP contribution in [0.5, 0.6) is 5.75 Å². The summed E-state index contributed by atoms with van der Waals surface area (Å²) in [7, 11) is 1.51. The van der Waals surface area contributed by atoms with E-state index in [2.05, 4.69) is 25.7 Å². The molecule has 0 bridgehead atoms. The van der Waals surface area contributed by atoms with E-state index in [1.165, 1.54) is 47.5 Å². The summed E-state index contributed by atoms with van der Waals surface area (Å²) in [4.78, 5) is 19.6. The lowest BCUT2D eigenvalue weighted by Gasteiger charge is -2.40. The third-order valence-electron chi connectivity index (χ3n) is 4.35. The maximum atomic E-state index is 13.0. The van der Waals surface area contributed by atoms with Gasteiger partial charge in [-0.1, -0.05) is 12.1 Å². The summed E-state index contributed by atoms with van der Waals surface area (Å²) in [5, 5.41) is 1.86. The number of rotatable bonds is 3. The van der Waals surface area contributed by atoms with Crippen LogP contribution in [0.15, 0.2) is 45.2 Å². The Kier molecular flexibility index (Phi) is 4.98. The Morgan fingerprint density at radius 1 is 1.30 bits per heavy atom. The molecule has 0 saturated carbocycles. The molecule has 2 heterocycles. The normalized spacial score (nSPS) is 23.3. The zero-order valence-electron chi connectivity index (χ0n) is 14.2. The second-order valence-electron chi connectivity index (χ2n) is 6.16. The summed E-state index contributed by atoms with van der Waals surface area (Å²) >= 11 is 4.88. The van der Waals surface area contributed by atoms with Crippen LogP contribution < -0.4 is 10.5 Å². The highest BCUT2D eigenvalue weighted by atomic mass is 79.9. The van der Waals surface area contributed by atoms with Gasteiger partial charge in [-0.05, 0) is 52.0 Å². The van der Waals surface area contributed by atoms with Crippen molar-refractivity contribution in [2.45, 2.75) is 24.7 Å². The van der Waals surface area contributed by atoms with Crippen molar-refractivity contribution >= 4 is 39.1 Å². The van der Waals surface area contributed by atoms with Crippen molar-refractivity contribution in [3.63, 3.8) is 0 Å².